The number of aliphatic hydroxyl groups is 1. The molecule has 0 bridgehead atoms. The minimum atomic E-state index is -0.851. The molecule has 1 fully saturated rings. The number of alkyl halides is 1. The maximum atomic E-state index is 13.4. The summed E-state index contributed by atoms with van der Waals surface area (Å²) in [6.07, 6.45) is -0.445. The van der Waals surface area contributed by atoms with Gasteiger partial charge in [-0.15, -0.1) is 0 Å². The highest BCUT2D eigenvalue weighted by Crippen LogP contribution is 2.36. The van der Waals surface area contributed by atoms with Gasteiger partial charge in [0.2, 0.25) is 6.79 Å². The van der Waals surface area contributed by atoms with Gasteiger partial charge in [-0.3, -0.25) is 4.90 Å². The molecule has 0 aliphatic carbocycles. The van der Waals surface area contributed by atoms with Gasteiger partial charge >= 0.3 is 0 Å². The van der Waals surface area contributed by atoms with Crippen LogP contribution in [0.2, 0.25) is 0 Å². The highest BCUT2D eigenvalue weighted by Gasteiger charge is 2.32. The Hall–Kier alpha value is -1.33. The Balaban J connectivity index is 1.79. The van der Waals surface area contributed by atoms with Gasteiger partial charge in [0.1, 0.15) is 6.17 Å². The molecule has 98 valence electrons. The van der Waals surface area contributed by atoms with Gasteiger partial charge in [0, 0.05) is 24.7 Å². The second-order valence-electron chi connectivity index (χ2n) is 4.75. The summed E-state index contributed by atoms with van der Waals surface area (Å²) in [4.78, 5) is 1.96. The topological polar surface area (TPSA) is 41.9 Å². The molecule has 2 atom stereocenters. The van der Waals surface area contributed by atoms with Crippen LogP contribution in [-0.2, 0) is 6.54 Å². The Kier molecular flexibility index (Phi) is 3.09. The number of para-hydroxylation sites is 1. The number of fused-ring (bicyclic) bond motifs is 1. The fourth-order valence-electron chi connectivity index (χ4n) is 2.64. The Morgan fingerprint density at radius 3 is 3.11 bits per heavy atom. The highest BCUT2D eigenvalue weighted by molar-refractivity contribution is 5.48. The Bertz CT molecular complexity index is 440. The van der Waals surface area contributed by atoms with Crippen LogP contribution in [0.3, 0.4) is 0 Å². The van der Waals surface area contributed by atoms with E-state index in [1.807, 2.05) is 23.1 Å². The number of benzene rings is 1. The summed E-state index contributed by atoms with van der Waals surface area (Å²) in [5.74, 6) is 1.49. The zero-order valence-electron chi connectivity index (χ0n) is 10.0. The minimum Gasteiger partial charge on any atom is -0.454 e. The van der Waals surface area contributed by atoms with E-state index in [0.29, 0.717) is 19.5 Å². The summed E-state index contributed by atoms with van der Waals surface area (Å²) in [5.41, 5.74) is 0.984. The van der Waals surface area contributed by atoms with Gasteiger partial charge in [0.05, 0.1) is 6.61 Å². The molecule has 0 aromatic heterocycles. The molecule has 2 heterocycles. The molecule has 2 aliphatic heterocycles. The summed E-state index contributed by atoms with van der Waals surface area (Å²) in [7, 11) is 0. The Labute approximate surface area is 105 Å². The van der Waals surface area contributed by atoms with Crippen molar-refractivity contribution >= 4 is 0 Å². The third-order valence-electron chi connectivity index (χ3n) is 3.54. The van der Waals surface area contributed by atoms with E-state index in [1.54, 1.807) is 0 Å². The van der Waals surface area contributed by atoms with Gasteiger partial charge in [0.15, 0.2) is 11.5 Å². The van der Waals surface area contributed by atoms with E-state index >= 15 is 0 Å². The van der Waals surface area contributed by atoms with Crippen LogP contribution < -0.4 is 9.47 Å². The van der Waals surface area contributed by atoms with Crippen molar-refractivity contribution < 1.29 is 19.0 Å². The number of hydrogen-bond acceptors (Lipinski definition) is 4. The first-order valence-corrected chi connectivity index (χ1v) is 6.14. The number of ether oxygens (including phenoxy) is 2. The lowest BCUT2D eigenvalue weighted by Gasteiger charge is -2.22. The lowest BCUT2D eigenvalue weighted by atomic mass is 10.1. The van der Waals surface area contributed by atoms with Crippen molar-refractivity contribution in [2.45, 2.75) is 25.2 Å². The molecule has 2 aliphatic rings. The van der Waals surface area contributed by atoms with Crippen molar-refractivity contribution in [1.82, 2.24) is 4.90 Å². The molecule has 1 N–H and O–H groups in total. The van der Waals surface area contributed by atoms with Crippen LogP contribution in [0.15, 0.2) is 18.2 Å². The number of nitrogens with zero attached hydrogens (tertiary/aromatic N) is 1. The van der Waals surface area contributed by atoms with Crippen LogP contribution in [-0.4, -0.2) is 42.2 Å². The normalized spacial score (nSPS) is 26.8. The van der Waals surface area contributed by atoms with Crippen molar-refractivity contribution in [3.63, 3.8) is 0 Å². The van der Waals surface area contributed by atoms with Crippen molar-refractivity contribution in [1.29, 1.82) is 0 Å². The van der Waals surface area contributed by atoms with Crippen molar-refractivity contribution in [2.75, 3.05) is 19.9 Å². The van der Waals surface area contributed by atoms with Gasteiger partial charge in [-0.1, -0.05) is 12.1 Å². The van der Waals surface area contributed by atoms with Crippen LogP contribution in [0.1, 0.15) is 12.0 Å². The predicted molar refractivity (Wildman–Crippen MR) is 63.4 cm³/mol. The fourth-order valence-corrected chi connectivity index (χ4v) is 2.64. The molecule has 0 unspecified atom stereocenters. The molecule has 0 amide bonds. The number of rotatable bonds is 3. The second kappa shape index (κ2) is 4.74. The maximum Gasteiger partial charge on any atom is 0.231 e. The van der Waals surface area contributed by atoms with Crippen molar-refractivity contribution in [3.05, 3.63) is 23.8 Å². The van der Waals surface area contributed by atoms with Crippen LogP contribution in [0.5, 0.6) is 11.5 Å². The quantitative estimate of drug-likeness (QED) is 0.882. The molecule has 1 aromatic carbocycles. The molecular formula is C13H16FNO3. The van der Waals surface area contributed by atoms with E-state index in [2.05, 4.69) is 0 Å². The smallest absolute Gasteiger partial charge is 0.231 e. The molecule has 1 saturated heterocycles. The third kappa shape index (κ3) is 2.04. The molecule has 3 rings (SSSR count). The van der Waals surface area contributed by atoms with Crippen LogP contribution >= 0.6 is 0 Å². The first kappa shape index (κ1) is 11.7. The maximum absolute atomic E-state index is 13.4. The first-order chi connectivity index (χ1) is 8.78. The largest absolute Gasteiger partial charge is 0.454 e. The molecule has 0 radical (unpaired) electrons. The third-order valence-corrected chi connectivity index (χ3v) is 3.54. The van der Waals surface area contributed by atoms with Crippen LogP contribution in [0, 0.1) is 0 Å². The Morgan fingerprint density at radius 2 is 2.28 bits per heavy atom. The van der Waals surface area contributed by atoms with Crippen molar-refractivity contribution in [3.8, 4) is 11.5 Å². The number of halogens is 1. The van der Waals surface area contributed by atoms with Gasteiger partial charge in [-0.05, 0) is 12.5 Å². The SMILES string of the molecule is OC[C@@H]1C[C@H](F)CN1Cc1cccc2c1OCO2. The minimum absolute atomic E-state index is 0.00714. The summed E-state index contributed by atoms with van der Waals surface area (Å²) in [6.45, 7) is 1.18. The average molecular weight is 253 g/mol. The number of likely N-dealkylation sites (tertiary alicyclic amines) is 1. The van der Waals surface area contributed by atoms with Gasteiger partial charge in [-0.25, -0.2) is 4.39 Å². The number of aliphatic hydroxyl groups excluding tert-OH is 1. The van der Waals surface area contributed by atoms with E-state index in [4.69, 9.17) is 9.47 Å². The van der Waals surface area contributed by atoms with E-state index in [0.717, 1.165) is 17.1 Å². The highest BCUT2D eigenvalue weighted by atomic mass is 19.1. The van der Waals surface area contributed by atoms with Gasteiger partial charge in [0.25, 0.3) is 0 Å². The first-order valence-electron chi connectivity index (χ1n) is 6.14. The lowest BCUT2D eigenvalue weighted by Crippen LogP contribution is -2.31. The monoisotopic (exact) mass is 253 g/mol. The molecule has 0 spiro atoms. The summed E-state index contributed by atoms with van der Waals surface area (Å²) >= 11 is 0. The molecule has 0 saturated carbocycles. The standard InChI is InChI=1S/C13H16FNO3/c14-10-4-11(7-16)15(6-10)5-9-2-1-3-12-13(9)18-8-17-12/h1-3,10-11,16H,4-8H2/t10-,11-/m0/s1. The summed E-state index contributed by atoms with van der Waals surface area (Å²) in [6, 6.07) is 5.61. The van der Waals surface area contributed by atoms with E-state index in [-0.39, 0.29) is 19.4 Å². The summed E-state index contributed by atoms with van der Waals surface area (Å²) < 4.78 is 24.1. The zero-order valence-corrected chi connectivity index (χ0v) is 10.0. The molecule has 18 heavy (non-hydrogen) atoms. The van der Waals surface area contributed by atoms with Crippen molar-refractivity contribution in [2.24, 2.45) is 0 Å². The van der Waals surface area contributed by atoms with E-state index in [9.17, 15) is 9.50 Å². The average Bonchev–Trinajstić information content (AvgIpc) is 2.96. The Morgan fingerprint density at radius 1 is 1.39 bits per heavy atom. The molecule has 1 aromatic rings. The van der Waals surface area contributed by atoms with E-state index in [1.165, 1.54) is 0 Å². The van der Waals surface area contributed by atoms with Crippen LogP contribution in [0.25, 0.3) is 0 Å². The fraction of sp³-hybridized carbons (Fsp3) is 0.538. The van der Waals surface area contributed by atoms with Gasteiger partial charge in [-0.2, -0.15) is 0 Å². The predicted octanol–water partition coefficient (Wildman–Crippen LogP) is 1.32. The second-order valence-corrected chi connectivity index (χ2v) is 4.75. The molecule has 5 heteroatoms. The molecule has 4 nitrogen and oxygen atoms in total. The zero-order chi connectivity index (χ0) is 12.5. The van der Waals surface area contributed by atoms with E-state index < -0.39 is 6.17 Å². The van der Waals surface area contributed by atoms with Gasteiger partial charge < -0.3 is 14.6 Å². The molecular weight excluding hydrogens is 237 g/mol. The number of hydrogen-bond donors (Lipinski definition) is 1. The summed E-state index contributed by atoms with van der Waals surface area (Å²) in [5, 5.41) is 9.26. The van der Waals surface area contributed by atoms with Crippen LogP contribution in [0.4, 0.5) is 4.39 Å². The lowest BCUT2D eigenvalue weighted by molar-refractivity contribution is 0.149.